The van der Waals surface area contributed by atoms with Crippen molar-refractivity contribution in [2.24, 2.45) is 11.3 Å². The zero-order valence-electron chi connectivity index (χ0n) is 10.1. The SMILES string of the molecule is C[C@@H](CCCC(C)(C)O)C(C)(C)C. The van der Waals surface area contributed by atoms with Gasteiger partial charge in [-0.05, 0) is 31.6 Å². The Bertz CT molecular complexity index is 136. The van der Waals surface area contributed by atoms with Gasteiger partial charge in [0.1, 0.15) is 0 Å². The largest absolute Gasteiger partial charge is 0.390 e. The third-order valence-corrected chi connectivity index (χ3v) is 2.90. The maximum absolute atomic E-state index is 9.53. The molecule has 0 rings (SSSR count). The van der Waals surface area contributed by atoms with E-state index in [1.54, 1.807) is 0 Å². The highest BCUT2D eigenvalue weighted by molar-refractivity contribution is 4.72. The lowest BCUT2D eigenvalue weighted by Crippen LogP contribution is -2.21. The molecule has 1 nitrogen and oxygen atoms in total. The van der Waals surface area contributed by atoms with Crippen molar-refractivity contribution in [1.29, 1.82) is 0 Å². The van der Waals surface area contributed by atoms with Crippen LogP contribution in [0.2, 0.25) is 0 Å². The van der Waals surface area contributed by atoms with E-state index in [1.807, 2.05) is 13.8 Å². The second-order valence-electron chi connectivity index (χ2n) is 5.97. The number of aliphatic hydroxyl groups is 1. The monoisotopic (exact) mass is 186 g/mol. The summed E-state index contributed by atoms with van der Waals surface area (Å²) in [4.78, 5) is 0. The molecule has 0 fully saturated rings. The Balaban J connectivity index is 3.67. The second-order valence-corrected chi connectivity index (χ2v) is 5.97. The van der Waals surface area contributed by atoms with Crippen LogP contribution in [0.1, 0.15) is 60.8 Å². The van der Waals surface area contributed by atoms with Crippen molar-refractivity contribution in [1.82, 2.24) is 0 Å². The van der Waals surface area contributed by atoms with Gasteiger partial charge in [0.2, 0.25) is 0 Å². The van der Waals surface area contributed by atoms with Crippen LogP contribution in [0.5, 0.6) is 0 Å². The van der Waals surface area contributed by atoms with Gasteiger partial charge in [0.25, 0.3) is 0 Å². The molecule has 0 aliphatic carbocycles. The molecule has 0 heterocycles. The van der Waals surface area contributed by atoms with Crippen LogP contribution in [0.15, 0.2) is 0 Å². The Kier molecular flexibility index (Phi) is 4.44. The van der Waals surface area contributed by atoms with Gasteiger partial charge in [-0.3, -0.25) is 0 Å². The van der Waals surface area contributed by atoms with E-state index in [1.165, 1.54) is 6.42 Å². The highest BCUT2D eigenvalue weighted by atomic mass is 16.3. The highest BCUT2D eigenvalue weighted by Gasteiger charge is 2.20. The average molecular weight is 186 g/mol. The van der Waals surface area contributed by atoms with Gasteiger partial charge in [-0.1, -0.05) is 40.5 Å². The first-order chi connectivity index (χ1) is 5.63. The predicted octanol–water partition coefficient (Wildman–Crippen LogP) is 3.61. The fraction of sp³-hybridized carbons (Fsp3) is 1.00. The lowest BCUT2D eigenvalue weighted by Gasteiger charge is -2.28. The summed E-state index contributed by atoms with van der Waals surface area (Å²) in [5.41, 5.74) is -0.0861. The van der Waals surface area contributed by atoms with Gasteiger partial charge in [-0.2, -0.15) is 0 Å². The minimum atomic E-state index is -0.488. The molecule has 0 spiro atoms. The minimum absolute atomic E-state index is 0.402. The summed E-state index contributed by atoms with van der Waals surface area (Å²) in [5, 5.41) is 9.53. The van der Waals surface area contributed by atoms with E-state index in [2.05, 4.69) is 27.7 Å². The number of rotatable bonds is 4. The molecule has 0 saturated carbocycles. The van der Waals surface area contributed by atoms with E-state index in [-0.39, 0.29) is 0 Å². The summed E-state index contributed by atoms with van der Waals surface area (Å²) < 4.78 is 0. The Morgan fingerprint density at radius 2 is 1.54 bits per heavy atom. The Hall–Kier alpha value is -0.0400. The van der Waals surface area contributed by atoms with Gasteiger partial charge in [-0.25, -0.2) is 0 Å². The van der Waals surface area contributed by atoms with Crippen LogP contribution in [0.4, 0.5) is 0 Å². The summed E-state index contributed by atoms with van der Waals surface area (Å²) in [6.07, 6.45) is 3.25. The standard InChI is InChI=1S/C12H26O/c1-10(11(2,3)4)8-7-9-12(5,6)13/h10,13H,7-9H2,1-6H3/t10-/m0/s1. The summed E-state index contributed by atoms with van der Waals surface area (Å²) in [5.74, 6) is 0.731. The van der Waals surface area contributed by atoms with E-state index >= 15 is 0 Å². The fourth-order valence-electron chi connectivity index (χ4n) is 1.27. The first-order valence-electron chi connectivity index (χ1n) is 5.35. The molecule has 0 unspecified atom stereocenters. The van der Waals surface area contributed by atoms with Crippen LogP contribution in [0, 0.1) is 11.3 Å². The van der Waals surface area contributed by atoms with Crippen molar-refractivity contribution in [2.75, 3.05) is 0 Å². The lowest BCUT2D eigenvalue weighted by molar-refractivity contribution is 0.0647. The Morgan fingerprint density at radius 3 is 1.85 bits per heavy atom. The molecule has 0 aromatic rings. The number of hydrogen-bond acceptors (Lipinski definition) is 1. The summed E-state index contributed by atoms with van der Waals surface area (Å²) >= 11 is 0. The molecule has 0 aliphatic rings. The van der Waals surface area contributed by atoms with Gasteiger partial charge in [-0.15, -0.1) is 0 Å². The summed E-state index contributed by atoms with van der Waals surface area (Å²) in [6, 6.07) is 0. The third-order valence-electron chi connectivity index (χ3n) is 2.90. The van der Waals surface area contributed by atoms with Crippen molar-refractivity contribution in [2.45, 2.75) is 66.4 Å². The first-order valence-corrected chi connectivity index (χ1v) is 5.35. The second kappa shape index (κ2) is 4.45. The van der Waals surface area contributed by atoms with E-state index in [0.29, 0.717) is 5.41 Å². The topological polar surface area (TPSA) is 20.2 Å². The maximum Gasteiger partial charge on any atom is 0.0591 e. The molecule has 1 N–H and O–H groups in total. The molecule has 0 aromatic carbocycles. The Labute approximate surface area is 83.5 Å². The van der Waals surface area contributed by atoms with Gasteiger partial charge in [0.05, 0.1) is 5.60 Å². The van der Waals surface area contributed by atoms with Crippen LogP contribution >= 0.6 is 0 Å². The zero-order valence-corrected chi connectivity index (χ0v) is 10.1. The molecule has 1 atom stereocenters. The van der Waals surface area contributed by atoms with E-state index in [9.17, 15) is 5.11 Å². The van der Waals surface area contributed by atoms with Crippen molar-refractivity contribution >= 4 is 0 Å². The average Bonchev–Trinajstić information content (AvgIpc) is 1.82. The molecular weight excluding hydrogens is 160 g/mol. The van der Waals surface area contributed by atoms with Gasteiger partial charge in [0.15, 0.2) is 0 Å². The van der Waals surface area contributed by atoms with Crippen LogP contribution in [-0.4, -0.2) is 10.7 Å². The zero-order chi connectivity index (χ0) is 10.7. The summed E-state index contributed by atoms with van der Waals surface area (Å²) in [6.45, 7) is 12.9. The normalized spacial score (nSPS) is 15.9. The summed E-state index contributed by atoms with van der Waals surface area (Å²) in [7, 11) is 0. The molecule has 0 saturated heterocycles. The van der Waals surface area contributed by atoms with E-state index in [0.717, 1.165) is 18.8 Å². The van der Waals surface area contributed by atoms with Gasteiger partial charge < -0.3 is 5.11 Å². The molecular formula is C12H26O. The molecule has 1 heteroatoms. The van der Waals surface area contributed by atoms with Crippen molar-refractivity contribution in [3.05, 3.63) is 0 Å². The van der Waals surface area contributed by atoms with Crippen LogP contribution < -0.4 is 0 Å². The predicted molar refractivity (Wildman–Crippen MR) is 58.8 cm³/mol. The van der Waals surface area contributed by atoms with Gasteiger partial charge in [0, 0.05) is 0 Å². The van der Waals surface area contributed by atoms with Crippen molar-refractivity contribution in [3.8, 4) is 0 Å². The maximum atomic E-state index is 9.53. The van der Waals surface area contributed by atoms with Crippen molar-refractivity contribution < 1.29 is 5.11 Å². The first kappa shape index (κ1) is 13.0. The van der Waals surface area contributed by atoms with E-state index in [4.69, 9.17) is 0 Å². The molecule has 80 valence electrons. The minimum Gasteiger partial charge on any atom is -0.390 e. The Morgan fingerprint density at radius 1 is 1.08 bits per heavy atom. The molecule has 0 aromatic heterocycles. The van der Waals surface area contributed by atoms with E-state index < -0.39 is 5.60 Å². The molecule has 0 bridgehead atoms. The molecule has 0 amide bonds. The molecule has 0 radical (unpaired) electrons. The quantitative estimate of drug-likeness (QED) is 0.711. The van der Waals surface area contributed by atoms with Crippen LogP contribution in [-0.2, 0) is 0 Å². The number of hydrogen-bond donors (Lipinski definition) is 1. The van der Waals surface area contributed by atoms with Crippen LogP contribution in [0.25, 0.3) is 0 Å². The third kappa shape index (κ3) is 7.06. The van der Waals surface area contributed by atoms with Crippen LogP contribution in [0.3, 0.4) is 0 Å². The molecule has 0 aliphatic heterocycles. The molecule has 13 heavy (non-hydrogen) atoms. The highest BCUT2D eigenvalue weighted by Crippen LogP contribution is 2.30. The fourth-order valence-corrected chi connectivity index (χ4v) is 1.27. The van der Waals surface area contributed by atoms with Crippen molar-refractivity contribution in [3.63, 3.8) is 0 Å². The smallest absolute Gasteiger partial charge is 0.0591 e. The lowest BCUT2D eigenvalue weighted by atomic mass is 9.79. The van der Waals surface area contributed by atoms with Gasteiger partial charge >= 0.3 is 0 Å².